The van der Waals surface area contributed by atoms with Crippen molar-refractivity contribution in [3.63, 3.8) is 0 Å². The van der Waals surface area contributed by atoms with Crippen LogP contribution in [0.3, 0.4) is 0 Å². The lowest BCUT2D eigenvalue weighted by atomic mass is 10.2. The van der Waals surface area contributed by atoms with Crippen LogP contribution in [-0.2, 0) is 16.1 Å². The van der Waals surface area contributed by atoms with Crippen molar-refractivity contribution < 1.29 is 9.59 Å². The van der Waals surface area contributed by atoms with E-state index in [4.69, 9.17) is 0 Å². The summed E-state index contributed by atoms with van der Waals surface area (Å²) < 4.78 is 1.82. The summed E-state index contributed by atoms with van der Waals surface area (Å²) in [6.07, 6.45) is 3.63. The van der Waals surface area contributed by atoms with Gasteiger partial charge in [0.1, 0.15) is 6.54 Å². The molecule has 136 valence electrons. The summed E-state index contributed by atoms with van der Waals surface area (Å²) in [5, 5.41) is 7.08. The number of rotatable bonds is 5. The maximum Gasteiger partial charge on any atom is 0.244 e. The molecule has 1 aromatic heterocycles. The van der Waals surface area contributed by atoms with Crippen LogP contribution < -0.4 is 10.2 Å². The van der Waals surface area contributed by atoms with Gasteiger partial charge in [-0.05, 0) is 35.9 Å². The Bertz CT molecular complexity index is 972. The number of fused-ring (bicyclic) bond motifs is 1. The van der Waals surface area contributed by atoms with Gasteiger partial charge in [-0.15, -0.1) is 11.8 Å². The molecule has 3 aromatic rings. The van der Waals surface area contributed by atoms with Crippen molar-refractivity contribution in [2.45, 2.75) is 11.4 Å². The second kappa shape index (κ2) is 7.67. The van der Waals surface area contributed by atoms with E-state index in [0.29, 0.717) is 18.0 Å². The van der Waals surface area contributed by atoms with Gasteiger partial charge < -0.3 is 10.2 Å². The van der Waals surface area contributed by atoms with Crippen molar-refractivity contribution >= 4 is 35.0 Å². The molecule has 2 amide bonds. The standard InChI is InChI=1S/C20H18N4O2S/c25-19(13-24-17-7-1-2-8-18(17)27-14-20(24)26)22-16-6-3-5-15(11-16)12-23-10-4-9-21-23/h1-11H,12-14H2,(H,22,25). The molecule has 0 saturated carbocycles. The van der Waals surface area contributed by atoms with E-state index in [1.807, 2.05) is 65.5 Å². The highest BCUT2D eigenvalue weighted by Gasteiger charge is 2.26. The minimum atomic E-state index is -0.221. The third kappa shape index (κ3) is 4.03. The molecule has 0 unspecified atom stereocenters. The minimum absolute atomic E-state index is 0.000208. The van der Waals surface area contributed by atoms with E-state index in [1.165, 1.54) is 11.8 Å². The molecule has 1 N–H and O–H groups in total. The number of carbonyl (C=O) groups excluding carboxylic acids is 2. The van der Waals surface area contributed by atoms with E-state index in [-0.39, 0.29) is 18.4 Å². The molecular weight excluding hydrogens is 360 g/mol. The van der Waals surface area contributed by atoms with Gasteiger partial charge in [-0.2, -0.15) is 5.10 Å². The van der Waals surface area contributed by atoms with Crippen LogP contribution in [0.4, 0.5) is 11.4 Å². The van der Waals surface area contributed by atoms with Gasteiger partial charge in [0.05, 0.1) is 18.0 Å². The van der Waals surface area contributed by atoms with Crippen molar-refractivity contribution in [3.8, 4) is 0 Å². The summed E-state index contributed by atoms with van der Waals surface area (Å²) in [4.78, 5) is 27.4. The third-order valence-corrected chi connectivity index (χ3v) is 5.27. The molecule has 6 nitrogen and oxygen atoms in total. The third-order valence-electron chi connectivity index (χ3n) is 4.22. The number of amides is 2. The second-order valence-corrected chi connectivity index (χ2v) is 7.21. The lowest BCUT2D eigenvalue weighted by molar-refractivity contribution is -0.120. The maximum atomic E-state index is 12.5. The molecule has 0 bridgehead atoms. The topological polar surface area (TPSA) is 67.2 Å². The van der Waals surface area contributed by atoms with Crippen LogP contribution in [0.2, 0.25) is 0 Å². The van der Waals surface area contributed by atoms with Gasteiger partial charge in [-0.1, -0.05) is 24.3 Å². The van der Waals surface area contributed by atoms with Crippen molar-refractivity contribution in [1.29, 1.82) is 0 Å². The first-order chi connectivity index (χ1) is 13.2. The maximum absolute atomic E-state index is 12.5. The van der Waals surface area contributed by atoms with Crippen LogP contribution in [-0.4, -0.2) is 33.9 Å². The Labute approximate surface area is 161 Å². The summed E-state index contributed by atoms with van der Waals surface area (Å²) in [5.41, 5.74) is 2.53. The van der Waals surface area contributed by atoms with Crippen molar-refractivity contribution in [1.82, 2.24) is 9.78 Å². The molecule has 1 aliphatic rings. The fourth-order valence-electron chi connectivity index (χ4n) is 3.00. The highest BCUT2D eigenvalue weighted by molar-refractivity contribution is 8.00. The zero-order valence-electron chi connectivity index (χ0n) is 14.5. The highest BCUT2D eigenvalue weighted by Crippen LogP contribution is 2.34. The molecule has 0 spiro atoms. The molecule has 0 atom stereocenters. The van der Waals surface area contributed by atoms with Gasteiger partial charge in [0.15, 0.2) is 0 Å². The molecule has 0 fully saturated rings. The Morgan fingerprint density at radius 1 is 1.15 bits per heavy atom. The SMILES string of the molecule is O=C(CN1C(=O)CSc2ccccc21)Nc1cccc(Cn2cccn2)c1. The van der Waals surface area contributed by atoms with Crippen LogP contribution in [0.5, 0.6) is 0 Å². The fraction of sp³-hybridized carbons (Fsp3) is 0.150. The number of carbonyl (C=O) groups is 2. The Hall–Kier alpha value is -3.06. The van der Waals surface area contributed by atoms with Gasteiger partial charge in [-0.3, -0.25) is 14.3 Å². The normalized spacial score (nSPS) is 13.3. The predicted octanol–water partition coefficient (Wildman–Crippen LogP) is 3.01. The summed E-state index contributed by atoms with van der Waals surface area (Å²) >= 11 is 1.50. The van der Waals surface area contributed by atoms with Crippen molar-refractivity contribution in [2.24, 2.45) is 0 Å². The molecule has 0 radical (unpaired) electrons. The van der Waals surface area contributed by atoms with Crippen LogP contribution in [0.15, 0.2) is 71.9 Å². The minimum Gasteiger partial charge on any atom is -0.325 e. The number of hydrogen-bond donors (Lipinski definition) is 1. The van der Waals surface area contributed by atoms with E-state index in [1.54, 1.807) is 11.1 Å². The predicted molar refractivity (Wildman–Crippen MR) is 106 cm³/mol. The van der Waals surface area contributed by atoms with E-state index in [0.717, 1.165) is 16.1 Å². The summed E-state index contributed by atoms with van der Waals surface area (Å²) in [7, 11) is 0. The molecule has 2 heterocycles. The number of nitrogens with zero attached hydrogens (tertiary/aromatic N) is 3. The van der Waals surface area contributed by atoms with Gasteiger partial charge >= 0.3 is 0 Å². The van der Waals surface area contributed by atoms with Crippen molar-refractivity contribution in [3.05, 3.63) is 72.6 Å². The lowest BCUT2D eigenvalue weighted by Gasteiger charge is -2.28. The first-order valence-corrected chi connectivity index (χ1v) is 9.56. The van der Waals surface area contributed by atoms with Gasteiger partial charge in [0.2, 0.25) is 11.8 Å². The quantitative estimate of drug-likeness (QED) is 0.741. The highest BCUT2D eigenvalue weighted by atomic mass is 32.2. The Morgan fingerprint density at radius 2 is 2.04 bits per heavy atom. The number of aromatic nitrogens is 2. The average Bonchev–Trinajstić information content (AvgIpc) is 3.17. The molecule has 4 rings (SSSR count). The summed E-state index contributed by atoms with van der Waals surface area (Å²) in [6, 6.07) is 17.2. The van der Waals surface area contributed by atoms with Crippen LogP contribution in [0.1, 0.15) is 5.56 Å². The molecule has 2 aromatic carbocycles. The summed E-state index contributed by atoms with van der Waals surface area (Å²) in [6.45, 7) is 0.631. The number of nitrogens with one attached hydrogen (secondary N) is 1. The number of benzene rings is 2. The zero-order chi connectivity index (χ0) is 18.6. The Kier molecular flexibility index (Phi) is 4.93. The van der Waals surface area contributed by atoms with Crippen LogP contribution >= 0.6 is 11.8 Å². The zero-order valence-corrected chi connectivity index (χ0v) is 15.4. The summed E-state index contributed by atoms with van der Waals surface area (Å²) in [5.74, 6) is 0.0754. The first kappa shape index (κ1) is 17.4. The number of hydrogen-bond acceptors (Lipinski definition) is 4. The average molecular weight is 378 g/mol. The monoisotopic (exact) mass is 378 g/mol. The molecule has 27 heavy (non-hydrogen) atoms. The second-order valence-electron chi connectivity index (χ2n) is 6.19. The van der Waals surface area contributed by atoms with E-state index < -0.39 is 0 Å². The number of para-hydroxylation sites is 1. The van der Waals surface area contributed by atoms with Crippen LogP contribution in [0, 0.1) is 0 Å². The Morgan fingerprint density at radius 3 is 2.89 bits per heavy atom. The van der Waals surface area contributed by atoms with E-state index >= 15 is 0 Å². The molecule has 0 aliphatic carbocycles. The van der Waals surface area contributed by atoms with Crippen LogP contribution in [0.25, 0.3) is 0 Å². The van der Waals surface area contributed by atoms with E-state index in [9.17, 15) is 9.59 Å². The number of thioether (sulfide) groups is 1. The fourth-order valence-corrected chi connectivity index (χ4v) is 3.94. The smallest absolute Gasteiger partial charge is 0.244 e. The van der Waals surface area contributed by atoms with Gasteiger partial charge in [0, 0.05) is 23.0 Å². The molecular formula is C20H18N4O2S. The van der Waals surface area contributed by atoms with Gasteiger partial charge in [-0.25, -0.2) is 0 Å². The largest absolute Gasteiger partial charge is 0.325 e. The molecule has 0 saturated heterocycles. The Balaban J connectivity index is 1.45. The molecule has 1 aliphatic heterocycles. The number of anilines is 2. The van der Waals surface area contributed by atoms with E-state index in [2.05, 4.69) is 10.4 Å². The van der Waals surface area contributed by atoms with Crippen molar-refractivity contribution in [2.75, 3.05) is 22.5 Å². The first-order valence-electron chi connectivity index (χ1n) is 8.57. The molecule has 7 heteroatoms. The lowest BCUT2D eigenvalue weighted by Crippen LogP contribution is -2.41. The van der Waals surface area contributed by atoms with Gasteiger partial charge in [0.25, 0.3) is 0 Å².